The summed E-state index contributed by atoms with van der Waals surface area (Å²) in [6.07, 6.45) is 26.4. The Morgan fingerprint density at radius 2 is 0.594 bits per heavy atom. The number of hydrogen-bond acceptors (Lipinski definition) is 11. The Hall–Kier alpha value is -15.2. The minimum absolute atomic E-state index is 1.01. The summed E-state index contributed by atoms with van der Waals surface area (Å²) in [4.78, 5) is 51.8. The van der Waals surface area contributed by atoms with E-state index in [1.54, 1.807) is 0 Å². The number of hydrogen-bond donors (Lipinski definition) is 0. The van der Waals surface area contributed by atoms with Crippen LogP contribution in [0.3, 0.4) is 0 Å². The predicted molar refractivity (Wildman–Crippen MR) is 518 cm³/mol. The lowest BCUT2D eigenvalue weighted by atomic mass is 9.92. The molecule has 6 aliphatic heterocycles. The first kappa shape index (κ1) is 74.2. The molecule has 23 heterocycles. The highest BCUT2D eigenvalue weighted by atomic mass is 15.1. The van der Waals surface area contributed by atoms with Crippen molar-refractivity contribution >= 4 is 164 Å². The van der Waals surface area contributed by atoms with Gasteiger partial charge >= 0.3 is 0 Å². The molecule has 0 saturated heterocycles. The van der Waals surface area contributed by atoms with Gasteiger partial charge < -0.3 is 0 Å². The van der Waals surface area contributed by atoms with Crippen molar-refractivity contribution in [3.63, 3.8) is 0 Å². The van der Waals surface area contributed by atoms with Gasteiger partial charge in [-0.1, -0.05) is 152 Å². The van der Waals surface area contributed by atoms with Gasteiger partial charge in [0.2, 0.25) is 0 Å². The van der Waals surface area contributed by atoms with Crippen molar-refractivity contribution in [1.82, 2.24) is 81.2 Å². The molecular weight excluding hydrogens is 1570 g/mol. The van der Waals surface area contributed by atoms with Crippen LogP contribution < -0.4 is 0 Å². The molecule has 0 unspecified atom stereocenters. The Kier molecular flexibility index (Phi) is 16.3. The van der Waals surface area contributed by atoms with Gasteiger partial charge in [0.25, 0.3) is 0 Å². The predicted octanol–water partition coefficient (Wildman–Crippen LogP) is 23.5. The van der Waals surface area contributed by atoms with E-state index in [9.17, 15) is 0 Å². The van der Waals surface area contributed by atoms with Gasteiger partial charge in [0.1, 0.15) is 33.9 Å². The highest BCUT2D eigenvalue weighted by Gasteiger charge is 2.30. The van der Waals surface area contributed by atoms with Gasteiger partial charge in [-0.3, -0.25) is 51.3 Å². The van der Waals surface area contributed by atoms with E-state index in [0.29, 0.717) is 0 Å². The molecule has 31 rings (SSSR count). The zero-order chi connectivity index (χ0) is 85.3. The second kappa shape index (κ2) is 28.1. The average Bonchev–Trinajstić information content (AvgIpc) is 1.51. The molecule has 25 aromatic rings. The van der Waals surface area contributed by atoms with Crippen LogP contribution in [-0.4, -0.2) is 81.2 Å². The SMILES string of the molecule is Cc1cccc(C)c1-c1ccc2c(c1)c1cccc3c1n1c(c(C)nc21)CC3.Cc1nc2c3ccccc3c3ccnc4c3n2c1CC4.Cc1nc2c3ccccc3c3cncc4c3n2c1CC4.Cc1nc2c3ccccc3c3nccc4c3n2c1CC4.Cc1nc2c3cccnc3c3cccc4c3n2c1CC4.Cc1nc2c3ccncc3c3cccc4c3n2c1CC4. The minimum atomic E-state index is 1.01. The van der Waals surface area contributed by atoms with E-state index < -0.39 is 0 Å². The summed E-state index contributed by atoms with van der Waals surface area (Å²) >= 11 is 0. The molecule has 0 spiro atoms. The molecule has 0 N–H and O–H groups in total. The fourth-order valence-corrected chi connectivity index (χ4v) is 23.1. The first-order valence-electron chi connectivity index (χ1n) is 45.1. The lowest BCUT2D eigenvalue weighted by Crippen LogP contribution is -2.09. The molecule has 0 fully saturated rings. The maximum Gasteiger partial charge on any atom is 0.147 e. The van der Waals surface area contributed by atoms with Crippen LogP contribution in [0.15, 0.2) is 238 Å². The van der Waals surface area contributed by atoms with Gasteiger partial charge in [0, 0.05) is 148 Å². The van der Waals surface area contributed by atoms with Gasteiger partial charge in [0.05, 0.1) is 84.0 Å². The number of pyridine rings is 11. The number of aromatic nitrogens is 17. The van der Waals surface area contributed by atoms with Crippen molar-refractivity contribution in [2.75, 3.05) is 0 Å². The molecular formula is C111H87N17. The molecule has 0 atom stereocenters. The monoisotopic (exact) mass is 1660 g/mol. The van der Waals surface area contributed by atoms with Crippen molar-refractivity contribution in [2.45, 2.75) is 132 Å². The molecule has 0 bridgehead atoms. The number of nitrogens with zero attached hydrogens (tertiary/aromatic N) is 17. The molecule has 0 amide bonds. The summed E-state index contributed by atoms with van der Waals surface area (Å²) in [5, 5.41) is 19.9. The number of benzene rings is 8. The summed E-state index contributed by atoms with van der Waals surface area (Å²) in [6, 6.07) is 69.4. The third-order valence-corrected chi connectivity index (χ3v) is 28.8. The molecule has 0 radical (unpaired) electrons. The molecule has 17 heteroatoms. The number of para-hydroxylation sites is 3. The normalized spacial score (nSPS) is 13.7. The Morgan fingerprint density at radius 1 is 0.219 bits per heavy atom. The fourth-order valence-electron chi connectivity index (χ4n) is 23.1. The van der Waals surface area contributed by atoms with Crippen LogP contribution >= 0.6 is 0 Å². The first-order chi connectivity index (χ1) is 62.8. The molecule has 0 saturated carbocycles. The summed E-state index contributed by atoms with van der Waals surface area (Å²) in [7, 11) is 0. The highest BCUT2D eigenvalue weighted by Crippen LogP contribution is 2.44. The number of imidazole rings is 6. The Morgan fingerprint density at radius 3 is 1.16 bits per heavy atom. The lowest BCUT2D eigenvalue weighted by Gasteiger charge is -2.19. The van der Waals surface area contributed by atoms with Crippen molar-refractivity contribution in [3.05, 3.63) is 350 Å². The van der Waals surface area contributed by atoms with E-state index in [4.69, 9.17) is 29.9 Å². The van der Waals surface area contributed by atoms with Crippen LogP contribution in [0.2, 0.25) is 0 Å². The van der Waals surface area contributed by atoms with E-state index in [0.717, 1.165) is 156 Å². The number of fused-ring (bicyclic) bond motifs is 18. The van der Waals surface area contributed by atoms with Gasteiger partial charge in [-0.05, 0) is 241 Å². The summed E-state index contributed by atoms with van der Waals surface area (Å²) in [6.45, 7) is 17.1. The quantitative estimate of drug-likeness (QED) is 0.143. The molecule has 8 aromatic carbocycles. The summed E-state index contributed by atoms with van der Waals surface area (Å²) in [5.41, 5.74) is 45.0. The van der Waals surface area contributed by atoms with E-state index >= 15 is 0 Å². The molecule has 616 valence electrons. The van der Waals surface area contributed by atoms with Crippen molar-refractivity contribution in [2.24, 2.45) is 0 Å². The smallest absolute Gasteiger partial charge is 0.147 e. The second-order valence-corrected chi connectivity index (χ2v) is 35.8. The van der Waals surface area contributed by atoms with E-state index in [-0.39, 0.29) is 0 Å². The van der Waals surface area contributed by atoms with E-state index in [1.165, 1.54) is 210 Å². The maximum absolute atomic E-state index is 5.00. The average molecular weight is 1660 g/mol. The Bertz CT molecular complexity index is 8230. The summed E-state index contributed by atoms with van der Waals surface area (Å²) < 4.78 is 14.2. The van der Waals surface area contributed by atoms with Crippen LogP contribution in [-0.2, 0) is 77.0 Å². The van der Waals surface area contributed by atoms with Crippen LogP contribution in [0.1, 0.15) is 113 Å². The van der Waals surface area contributed by atoms with Crippen LogP contribution in [0.25, 0.3) is 175 Å². The van der Waals surface area contributed by atoms with Crippen molar-refractivity contribution < 1.29 is 0 Å². The van der Waals surface area contributed by atoms with Crippen LogP contribution in [0, 0.1) is 55.4 Å². The Balaban J connectivity index is 0.0000000817. The first-order valence-corrected chi connectivity index (χ1v) is 45.1. The third-order valence-electron chi connectivity index (χ3n) is 28.8. The molecule has 6 aliphatic rings. The van der Waals surface area contributed by atoms with E-state index in [1.807, 2.05) is 49.4 Å². The fraction of sp³-hybridized carbons (Fsp3) is 0.180. The number of rotatable bonds is 1. The highest BCUT2D eigenvalue weighted by molar-refractivity contribution is 6.18. The molecule has 17 nitrogen and oxygen atoms in total. The topological polar surface area (TPSA) is 168 Å². The van der Waals surface area contributed by atoms with Gasteiger partial charge in [-0.2, -0.15) is 0 Å². The minimum Gasteiger partial charge on any atom is -0.296 e. The van der Waals surface area contributed by atoms with Gasteiger partial charge in [0.15, 0.2) is 0 Å². The van der Waals surface area contributed by atoms with E-state index in [2.05, 4.69) is 295 Å². The van der Waals surface area contributed by atoms with Gasteiger partial charge in [-0.25, -0.2) is 29.9 Å². The number of aryl methyl sites for hydroxylation is 20. The van der Waals surface area contributed by atoms with Gasteiger partial charge in [-0.15, -0.1) is 0 Å². The standard InChI is InChI=1S/C26H22N2.5C17H13N3/c1-15-6-4-7-16(2)24(15)19-10-12-21-22(14-19)20-9-5-8-18-11-13-23-17(3)27-26(21)28(23)25(18)20;1-10-14-8-7-11-4-2-5-12-15-13(6-3-9-18-15)17(19-10)20(14)16(11)12;1-10-15-6-5-11-3-2-4-12-14-9-18-8-7-13(14)17(19-10)20(15)16(11)12;1-10-15-7-6-11-8-18-9-14-12-4-2-3-5-13(12)17(19-10)20(15)16(11)14;1-10-14-7-6-11-8-9-18-15-12-4-2-3-5-13(12)17(19-10)20(14)16(11)15;1-10-15-7-6-14-16-12(8-9-18-14)11-4-2-3-5-13(11)17(19-10)20(15)16/h4-10,12,14H,11,13H2,1-3H3;2-6,9H,7-8H2,1H3;2-4,7-9H,5-6H2,1H3;3*2-5,8-9H,6-7H2,1H3. The Labute approximate surface area is 734 Å². The third kappa shape index (κ3) is 10.7. The van der Waals surface area contributed by atoms with Crippen molar-refractivity contribution in [1.29, 1.82) is 0 Å². The van der Waals surface area contributed by atoms with Crippen LogP contribution in [0.5, 0.6) is 0 Å². The summed E-state index contributed by atoms with van der Waals surface area (Å²) in [5.74, 6) is 0. The van der Waals surface area contributed by atoms with Crippen LogP contribution in [0.4, 0.5) is 0 Å². The van der Waals surface area contributed by atoms with Crippen molar-refractivity contribution in [3.8, 4) is 11.1 Å². The maximum atomic E-state index is 5.00. The molecule has 128 heavy (non-hydrogen) atoms. The zero-order valence-corrected chi connectivity index (χ0v) is 72.6. The molecule has 17 aromatic heterocycles. The second-order valence-electron chi connectivity index (χ2n) is 35.8. The lowest BCUT2D eigenvalue weighted by molar-refractivity contribution is 0.837. The zero-order valence-electron chi connectivity index (χ0n) is 72.6. The largest absolute Gasteiger partial charge is 0.296 e. The molecule has 0 aliphatic carbocycles.